The zero-order valence-corrected chi connectivity index (χ0v) is 21.9. The number of benzene rings is 3. The molecule has 1 aliphatic heterocycles. The van der Waals surface area contributed by atoms with Crippen LogP contribution in [0.3, 0.4) is 0 Å². The van der Waals surface area contributed by atoms with Crippen LogP contribution < -0.4 is 14.8 Å². The second-order valence-corrected chi connectivity index (χ2v) is 11.0. The number of anilines is 1. The Morgan fingerprint density at radius 2 is 1.72 bits per heavy atom. The van der Waals surface area contributed by atoms with Crippen molar-refractivity contribution in [1.82, 2.24) is 0 Å². The lowest BCUT2D eigenvalue weighted by atomic mass is 10.1. The van der Waals surface area contributed by atoms with Crippen molar-refractivity contribution in [3.05, 3.63) is 89.5 Å². The number of ether oxygens (including phenoxy) is 3. The summed E-state index contributed by atoms with van der Waals surface area (Å²) < 4.78 is 17.0. The standard InChI is InChI=1S/C28H29NO5S2/c1-19-9-14-24(32-2)23(17-19)29-27(31)26(20-7-4-3-5-8-20)34-25(30)18-33-22-12-10-21(11-13-22)28-35-15-6-16-36-28/h3-5,7-14,17,26,28H,6,15-16,18H2,1-2H3,(H,29,31). The van der Waals surface area contributed by atoms with Crippen molar-refractivity contribution >= 4 is 41.1 Å². The summed E-state index contributed by atoms with van der Waals surface area (Å²) >= 11 is 3.91. The average molecular weight is 524 g/mol. The Bertz CT molecular complexity index is 1160. The van der Waals surface area contributed by atoms with E-state index >= 15 is 0 Å². The van der Waals surface area contributed by atoms with Gasteiger partial charge in [0.1, 0.15) is 11.5 Å². The number of methoxy groups -OCH3 is 1. The largest absolute Gasteiger partial charge is 0.495 e. The fourth-order valence-electron chi connectivity index (χ4n) is 3.73. The first-order valence-electron chi connectivity index (χ1n) is 11.7. The monoisotopic (exact) mass is 523 g/mol. The Hall–Kier alpha value is -3.10. The number of thioether (sulfide) groups is 2. The Morgan fingerprint density at radius 1 is 1.00 bits per heavy atom. The number of rotatable bonds is 9. The van der Waals surface area contributed by atoms with Crippen LogP contribution in [0, 0.1) is 6.92 Å². The molecule has 4 rings (SSSR count). The van der Waals surface area contributed by atoms with Crippen molar-refractivity contribution in [1.29, 1.82) is 0 Å². The molecule has 1 heterocycles. The highest BCUT2D eigenvalue weighted by Gasteiger charge is 2.26. The van der Waals surface area contributed by atoms with Gasteiger partial charge in [-0.3, -0.25) is 4.79 Å². The normalized spacial score (nSPS) is 14.5. The third-order valence-electron chi connectivity index (χ3n) is 5.54. The molecule has 0 radical (unpaired) electrons. The Labute approximate surface area is 220 Å². The highest BCUT2D eigenvalue weighted by atomic mass is 32.2. The number of nitrogens with one attached hydrogen (secondary N) is 1. The molecule has 188 valence electrons. The van der Waals surface area contributed by atoms with E-state index in [1.807, 2.05) is 66.8 Å². The van der Waals surface area contributed by atoms with E-state index < -0.39 is 18.0 Å². The fourth-order valence-corrected chi connectivity index (χ4v) is 6.62. The first-order chi connectivity index (χ1) is 17.5. The minimum atomic E-state index is -1.14. The highest BCUT2D eigenvalue weighted by Crippen LogP contribution is 2.43. The summed E-state index contributed by atoms with van der Waals surface area (Å²) in [6, 6.07) is 22.2. The summed E-state index contributed by atoms with van der Waals surface area (Å²) in [5.41, 5.74) is 3.26. The third kappa shape index (κ3) is 6.98. The summed E-state index contributed by atoms with van der Waals surface area (Å²) in [5, 5.41) is 2.83. The molecule has 0 bridgehead atoms. The van der Waals surface area contributed by atoms with Gasteiger partial charge in [-0.1, -0.05) is 48.5 Å². The zero-order chi connectivity index (χ0) is 25.3. The maximum absolute atomic E-state index is 13.2. The first kappa shape index (κ1) is 26.0. The number of hydrogen-bond acceptors (Lipinski definition) is 7. The first-order valence-corrected chi connectivity index (χ1v) is 13.8. The van der Waals surface area contributed by atoms with Crippen molar-refractivity contribution in [2.24, 2.45) is 0 Å². The molecule has 1 unspecified atom stereocenters. The van der Waals surface area contributed by atoms with Gasteiger partial charge in [-0.05, 0) is 60.2 Å². The van der Waals surface area contributed by atoms with E-state index in [-0.39, 0.29) is 6.61 Å². The maximum atomic E-state index is 13.2. The van der Waals surface area contributed by atoms with E-state index in [1.54, 1.807) is 36.4 Å². The van der Waals surface area contributed by atoms with Gasteiger partial charge in [0.25, 0.3) is 5.91 Å². The predicted molar refractivity (Wildman–Crippen MR) is 146 cm³/mol. The summed E-state index contributed by atoms with van der Waals surface area (Å²) in [6.07, 6.45) is 0.102. The van der Waals surface area contributed by atoms with Gasteiger partial charge in [0, 0.05) is 5.56 Å². The van der Waals surface area contributed by atoms with Crippen LogP contribution in [0.15, 0.2) is 72.8 Å². The molecule has 8 heteroatoms. The van der Waals surface area contributed by atoms with Crippen molar-refractivity contribution in [3.8, 4) is 11.5 Å². The van der Waals surface area contributed by atoms with Crippen LogP contribution in [0.25, 0.3) is 0 Å². The molecule has 0 spiro atoms. The van der Waals surface area contributed by atoms with Crippen LogP contribution in [0.1, 0.15) is 33.8 Å². The van der Waals surface area contributed by atoms with E-state index in [1.165, 1.54) is 30.6 Å². The lowest BCUT2D eigenvalue weighted by molar-refractivity contribution is -0.156. The minimum absolute atomic E-state index is 0.309. The van der Waals surface area contributed by atoms with Crippen molar-refractivity contribution in [2.45, 2.75) is 24.0 Å². The molecular formula is C28H29NO5S2. The van der Waals surface area contributed by atoms with Gasteiger partial charge in [0.2, 0.25) is 6.10 Å². The summed E-state index contributed by atoms with van der Waals surface area (Å²) in [5.74, 6) is 2.32. The molecular weight excluding hydrogens is 494 g/mol. The molecule has 1 saturated heterocycles. The maximum Gasteiger partial charge on any atom is 0.345 e. The second kappa shape index (κ2) is 12.7. The third-order valence-corrected chi connectivity index (χ3v) is 8.55. The molecule has 0 aromatic heterocycles. The minimum Gasteiger partial charge on any atom is -0.495 e. The van der Waals surface area contributed by atoms with Crippen LogP contribution in [0.5, 0.6) is 11.5 Å². The smallest absolute Gasteiger partial charge is 0.345 e. The molecule has 3 aromatic rings. The van der Waals surface area contributed by atoms with Gasteiger partial charge in [0.05, 0.1) is 17.4 Å². The van der Waals surface area contributed by atoms with Crippen molar-refractivity contribution in [2.75, 3.05) is 30.5 Å². The van der Waals surface area contributed by atoms with Crippen molar-refractivity contribution in [3.63, 3.8) is 0 Å². The molecule has 1 fully saturated rings. The molecule has 0 saturated carbocycles. The van der Waals surface area contributed by atoms with Gasteiger partial charge < -0.3 is 19.5 Å². The molecule has 1 N–H and O–H groups in total. The number of aryl methyl sites for hydroxylation is 1. The van der Waals surface area contributed by atoms with Crippen LogP contribution in [-0.4, -0.2) is 37.1 Å². The van der Waals surface area contributed by atoms with E-state index in [9.17, 15) is 9.59 Å². The van der Waals surface area contributed by atoms with Gasteiger partial charge in [0.15, 0.2) is 6.61 Å². The second-order valence-electron chi connectivity index (χ2n) is 8.26. The number of carbonyl (C=O) groups is 2. The summed E-state index contributed by atoms with van der Waals surface area (Å²) in [4.78, 5) is 25.9. The quantitative estimate of drug-likeness (QED) is 0.336. The number of hydrogen-bond donors (Lipinski definition) is 1. The lowest BCUT2D eigenvalue weighted by Gasteiger charge is -2.21. The predicted octanol–water partition coefficient (Wildman–Crippen LogP) is 6.17. The van der Waals surface area contributed by atoms with E-state index in [4.69, 9.17) is 14.2 Å². The van der Waals surface area contributed by atoms with Crippen LogP contribution in [0.2, 0.25) is 0 Å². The molecule has 36 heavy (non-hydrogen) atoms. The molecule has 6 nitrogen and oxygen atoms in total. The average Bonchev–Trinajstić information content (AvgIpc) is 2.92. The fraction of sp³-hybridized carbons (Fsp3) is 0.286. The van der Waals surface area contributed by atoms with Crippen molar-refractivity contribution < 1.29 is 23.8 Å². The van der Waals surface area contributed by atoms with Crippen LogP contribution >= 0.6 is 23.5 Å². The van der Waals surface area contributed by atoms with E-state index in [2.05, 4.69) is 5.32 Å². The Balaban J connectivity index is 1.40. The summed E-state index contributed by atoms with van der Waals surface area (Å²) in [6.45, 7) is 1.61. The van der Waals surface area contributed by atoms with Gasteiger partial charge in [-0.2, -0.15) is 0 Å². The topological polar surface area (TPSA) is 73.9 Å². The number of esters is 1. The van der Waals surface area contributed by atoms with Gasteiger partial charge >= 0.3 is 5.97 Å². The molecule has 1 amide bonds. The number of amides is 1. The molecule has 3 aromatic carbocycles. The number of carbonyl (C=O) groups excluding carboxylic acids is 2. The SMILES string of the molecule is COc1ccc(C)cc1NC(=O)C(OC(=O)COc1ccc(C2SCCCS2)cc1)c1ccccc1. The molecule has 0 aliphatic carbocycles. The molecule has 1 aliphatic rings. The van der Waals surface area contributed by atoms with Gasteiger partial charge in [-0.25, -0.2) is 4.79 Å². The Kier molecular flexibility index (Phi) is 9.19. The van der Waals surface area contributed by atoms with E-state index in [0.717, 1.165) is 5.56 Å². The van der Waals surface area contributed by atoms with E-state index in [0.29, 0.717) is 27.3 Å². The zero-order valence-electron chi connectivity index (χ0n) is 20.3. The van der Waals surface area contributed by atoms with Crippen LogP contribution in [0.4, 0.5) is 5.69 Å². The Morgan fingerprint density at radius 3 is 2.42 bits per heavy atom. The highest BCUT2D eigenvalue weighted by molar-refractivity contribution is 8.16. The van der Waals surface area contributed by atoms with Gasteiger partial charge in [-0.15, -0.1) is 23.5 Å². The summed E-state index contributed by atoms with van der Waals surface area (Å²) in [7, 11) is 1.53. The lowest BCUT2D eigenvalue weighted by Crippen LogP contribution is -2.28. The van der Waals surface area contributed by atoms with Crippen LogP contribution in [-0.2, 0) is 14.3 Å². The molecule has 1 atom stereocenters.